The molecule has 2 aliphatic heterocycles. The Balaban J connectivity index is 1.48. The summed E-state index contributed by atoms with van der Waals surface area (Å²) in [4.78, 5) is 4.81. The van der Waals surface area contributed by atoms with E-state index in [-0.39, 0.29) is 5.92 Å². The van der Waals surface area contributed by atoms with Crippen molar-refractivity contribution in [1.82, 2.24) is 9.80 Å². The van der Waals surface area contributed by atoms with Crippen LogP contribution in [0, 0.1) is 17.3 Å². The van der Waals surface area contributed by atoms with E-state index >= 15 is 8.78 Å². The number of rotatable bonds is 6. The molecule has 0 bridgehead atoms. The molecule has 2 saturated heterocycles. The fourth-order valence-corrected chi connectivity index (χ4v) is 4.88. The van der Waals surface area contributed by atoms with Crippen LogP contribution in [0.1, 0.15) is 65.7 Å². The quantitative estimate of drug-likeness (QED) is 0.693. The molecule has 1 aliphatic carbocycles. The third kappa shape index (κ3) is 3.95. The zero-order valence-corrected chi connectivity index (χ0v) is 15.9. The van der Waals surface area contributed by atoms with Gasteiger partial charge in [-0.25, -0.2) is 8.78 Å². The van der Waals surface area contributed by atoms with Crippen molar-refractivity contribution in [2.75, 3.05) is 32.7 Å². The summed E-state index contributed by atoms with van der Waals surface area (Å²) in [7, 11) is 0. The van der Waals surface area contributed by atoms with Crippen LogP contribution >= 0.6 is 0 Å². The third-order valence-corrected chi connectivity index (χ3v) is 7.20. The lowest BCUT2D eigenvalue weighted by molar-refractivity contribution is -0.138. The predicted octanol–water partition coefficient (Wildman–Crippen LogP) is 4.64. The summed E-state index contributed by atoms with van der Waals surface area (Å²) in [6.07, 6.45) is 6.66. The van der Waals surface area contributed by atoms with Crippen LogP contribution in [-0.4, -0.2) is 54.5 Å². The number of hydrogen-bond donors (Lipinski definition) is 0. The average Bonchev–Trinajstić information content (AvgIpc) is 3.35. The van der Waals surface area contributed by atoms with Gasteiger partial charge in [-0.3, -0.25) is 0 Å². The van der Waals surface area contributed by atoms with Gasteiger partial charge in [0.2, 0.25) is 0 Å². The van der Waals surface area contributed by atoms with Gasteiger partial charge in [0.25, 0.3) is 5.92 Å². The van der Waals surface area contributed by atoms with Crippen LogP contribution in [0.25, 0.3) is 0 Å². The maximum absolute atomic E-state index is 15.0. The number of likely N-dealkylation sites (tertiary alicyclic amines) is 2. The van der Waals surface area contributed by atoms with Crippen molar-refractivity contribution in [2.45, 2.75) is 77.7 Å². The Labute approximate surface area is 147 Å². The van der Waals surface area contributed by atoms with Gasteiger partial charge in [-0.2, -0.15) is 0 Å². The first-order valence-electron chi connectivity index (χ1n) is 10.2. The Hall–Kier alpha value is -0.220. The van der Waals surface area contributed by atoms with E-state index in [1.54, 1.807) is 0 Å². The molecule has 24 heavy (non-hydrogen) atoms. The Bertz CT molecular complexity index is 404. The SMILES string of the molecule is CCC1(CN2CCC(C(F)(F)C3CCN(C(C)C)CC3)CC2)CC1. The van der Waals surface area contributed by atoms with Crippen molar-refractivity contribution in [3.8, 4) is 0 Å². The second-order valence-electron chi connectivity index (χ2n) is 8.98. The standard InChI is InChI=1S/C20H36F2N2/c1-4-19(9-10-19)15-23-11-5-17(6-12-23)20(21,22)18-7-13-24(14-8-18)16(2)3/h16-18H,4-15H2,1-3H3. The number of halogens is 2. The average molecular weight is 343 g/mol. The minimum absolute atomic E-state index is 0.388. The lowest BCUT2D eigenvalue weighted by Gasteiger charge is -2.43. The van der Waals surface area contributed by atoms with Crippen molar-refractivity contribution in [3.63, 3.8) is 0 Å². The van der Waals surface area contributed by atoms with E-state index in [1.807, 2.05) is 0 Å². The van der Waals surface area contributed by atoms with E-state index in [4.69, 9.17) is 0 Å². The van der Waals surface area contributed by atoms with Crippen LogP contribution in [0.4, 0.5) is 8.78 Å². The summed E-state index contributed by atoms with van der Waals surface area (Å²) in [5, 5.41) is 0. The summed E-state index contributed by atoms with van der Waals surface area (Å²) >= 11 is 0. The molecule has 0 amide bonds. The number of piperidine rings is 2. The molecular weight excluding hydrogens is 306 g/mol. The topological polar surface area (TPSA) is 6.48 Å². The Morgan fingerprint density at radius 2 is 1.46 bits per heavy atom. The minimum atomic E-state index is -2.46. The van der Waals surface area contributed by atoms with Gasteiger partial charge in [0.05, 0.1) is 0 Å². The number of alkyl halides is 2. The molecule has 0 aromatic heterocycles. The van der Waals surface area contributed by atoms with Gasteiger partial charge in [0.1, 0.15) is 0 Å². The van der Waals surface area contributed by atoms with Gasteiger partial charge in [-0.15, -0.1) is 0 Å². The van der Waals surface area contributed by atoms with Crippen molar-refractivity contribution < 1.29 is 8.78 Å². The minimum Gasteiger partial charge on any atom is -0.303 e. The molecule has 0 aromatic rings. The molecule has 4 heteroatoms. The van der Waals surface area contributed by atoms with E-state index in [1.165, 1.54) is 19.3 Å². The highest BCUT2D eigenvalue weighted by Crippen LogP contribution is 2.50. The Morgan fingerprint density at radius 3 is 1.88 bits per heavy atom. The van der Waals surface area contributed by atoms with Gasteiger partial charge < -0.3 is 9.80 Å². The summed E-state index contributed by atoms with van der Waals surface area (Å²) in [6, 6.07) is 0.483. The van der Waals surface area contributed by atoms with E-state index in [0.29, 0.717) is 37.1 Å². The molecule has 0 aromatic carbocycles. The van der Waals surface area contributed by atoms with E-state index in [2.05, 4.69) is 30.6 Å². The van der Waals surface area contributed by atoms with Crippen LogP contribution in [0.3, 0.4) is 0 Å². The predicted molar refractivity (Wildman–Crippen MR) is 95.5 cm³/mol. The van der Waals surface area contributed by atoms with Crippen LogP contribution < -0.4 is 0 Å². The molecule has 1 saturated carbocycles. The van der Waals surface area contributed by atoms with Crippen LogP contribution in [0.2, 0.25) is 0 Å². The maximum Gasteiger partial charge on any atom is 0.253 e. The lowest BCUT2D eigenvalue weighted by atomic mass is 9.78. The summed E-state index contributed by atoms with van der Waals surface area (Å²) < 4.78 is 30.1. The smallest absolute Gasteiger partial charge is 0.253 e. The molecule has 0 spiro atoms. The lowest BCUT2D eigenvalue weighted by Crippen LogP contribution is -2.49. The first-order valence-corrected chi connectivity index (χ1v) is 10.2. The Morgan fingerprint density at radius 1 is 0.958 bits per heavy atom. The molecule has 140 valence electrons. The zero-order valence-electron chi connectivity index (χ0n) is 15.9. The molecule has 0 unspecified atom stereocenters. The molecule has 0 radical (unpaired) electrons. The molecule has 3 fully saturated rings. The molecule has 3 rings (SSSR count). The fraction of sp³-hybridized carbons (Fsp3) is 1.00. The largest absolute Gasteiger partial charge is 0.303 e. The van der Waals surface area contributed by atoms with Crippen molar-refractivity contribution in [1.29, 1.82) is 0 Å². The molecule has 3 aliphatic rings. The van der Waals surface area contributed by atoms with Gasteiger partial charge in [-0.05, 0) is 90.4 Å². The van der Waals surface area contributed by atoms with Gasteiger partial charge in [0.15, 0.2) is 0 Å². The Kier molecular flexibility index (Phi) is 5.56. The van der Waals surface area contributed by atoms with Crippen molar-refractivity contribution in [2.24, 2.45) is 17.3 Å². The van der Waals surface area contributed by atoms with Crippen LogP contribution in [0.15, 0.2) is 0 Å². The van der Waals surface area contributed by atoms with E-state index < -0.39 is 11.8 Å². The second kappa shape index (κ2) is 7.19. The second-order valence-corrected chi connectivity index (χ2v) is 8.98. The molecular formula is C20H36F2N2. The highest BCUT2D eigenvalue weighted by atomic mass is 19.3. The molecule has 0 atom stereocenters. The maximum atomic E-state index is 15.0. The first kappa shape index (κ1) is 18.6. The first-order chi connectivity index (χ1) is 11.4. The number of nitrogens with zero attached hydrogens (tertiary/aromatic N) is 2. The highest BCUT2D eigenvalue weighted by molar-refractivity contribution is 4.96. The summed E-state index contributed by atoms with van der Waals surface area (Å²) in [6.45, 7) is 11.2. The fourth-order valence-electron chi connectivity index (χ4n) is 4.88. The molecule has 2 heterocycles. The zero-order chi connectivity index (χ0) is 17.4. The highest BCUT2D eigenvalue weighted by Gasteiger charge is 2.49. The monoisotopic (exact) mass is 342 g/mol. The van der Waals surface area contributed by atoms with Gasteiger partial charge in [0, 0.05) is 24.4 Å². The molecule has 0 N–H and O–H groups in total. The van der Waals surface area contributed by atoms with E-state index in [0.717, 1.165) is 32.7 Å². The number of hydrogen-bond acceptors (Lipinski definition) is 2. The third-order valence-electron chi connectivity index (χ3n) is 7.20. The van der Waals surface area contributed by atoms with Crippen molar-refractivity contribution >= 4 is 0 Å². The van der Waals surface area contributed by atoms with Crippen molar-refractivity contribution in [3.05, 3.63) is 0 Å². The van der Waals surface area contributed by atoms with Gasteiger partial charge >= 0.3 is 0 Å². The summed E-state index contributed by atoms with van der Waals surface area (Å²) in [5.41, 5.74) is 0.541. The molecule has 2 nitrogen and oxygen atoms in total. The van der Waals surface area contributed by atoms with E-state index in [9.17, 15) is 0 Å². The normalized spacial score (nSPS) is 27.8. The van der Waals surface area contributed by atoms with Crippen LogP contribution in [-0.2, 0) is 0 Å². The summed E-state index contributed by atoms with van der Waals surface area (Å²) in [5.74, 6) is -3.24. The van der Waals surface area contributed by atoms with Gasteiger partial charge in [-0.1, -0.05) is 6.92 Å². The van der Waals surface area contributed by atoms with Crippen LogP contribution in [0.5, 0.6) is 0 Å².